The maximum absolute atomic E-state index is 12.6. The zero-order valence-electron chi connectivity index (χ0n) is 14.6. The van der Waals surface area contributed by atoms with Crippen LogP contribution in [0.2, 0.25) is 0 Å². The van der Waals surface area contributed by atoms with E-state index in [1.807, 2.05) is 30.3 Å². The van der Waals surface area contributed by atoms with Crippen LogP contribution < -0.4 is 10.7 Å². The van der Waals surface area contributed by atoms with E-state index in [2.05, 4.69) is 21.5 Å². The predicted molar refractivity (Wildman–Crippen MR) is 106 cm³/mol. The Labute approximate surface area is 163 Å². The average Bonchev–Trinajstić information content (AvgIpc) is 2.99. The molecule has 0 aliphatic heterocycles. The molecule has 136 valence electrons. The molecule has 0 radical (unpaired) electrons. The van der Waals surface area contributed by atoms with Gasteiger partial charge in [0, 0.05) is 11.8 Å². The molecule has 0 aliphatic carbocycles. The first kappa shape index (κ1) is 18.8. The molecule has 0 unspecified atom stereocenters. The van der Waals surface area contributed by atoms with Gasteiger partial charge in [0.05, 0.1) is 27.4 Å². The Hall–Kier alpha value is -2.96. The van der Waals surface area contributed by atoms with E-state index in [0.29, 0.717) is 16.6 Å². The van der Waals surface area contributed by atoms with Gasteiger partial charge in [0.1, 0.15) is 0 Å². The standard InChI is InChI=1S/C18H15N5O2S2/c1-11-10-14(24)15(22-23(11)13-6-4-3-5-7-13)16(25)21-18-20-12(2)17(27-18)26-9-8-19/h3-7,10H,9H2,1-2H3,(H,20,21,25). The van der Waals surface area contributed by atoms with Gasteiger partial charge in [-0.2, -0.15) is 10.4 Å². The van der Waals surface area contributed by atoms with Crippen LogP contribution in [0.15, 0.2) is 45.4 Å². The van der Waals surface area contributed by atoms with Crippen molar-refractivity contribution in [3.05, 3.63) is 63.7 Å². The number of carbonyl (C=O) groups excluding carboxylic acids is 1. The molecule has 1 amide bonds. The first-order chi connectivity index (χ1) is 13.0. The summed E-state index contributed by atoms with van der Waals surface area (Å²) in [5, 5.41) is 15.9. The van der Waals surface area contributed by atoms with Crippen molar-refractivity contribution in [1.29, 1.82) is 5.26 Å². The van der Waals surface area contributed by atoms with E-state index >= 15 is 0 Å². The van der Waals surface area contributed by atoms with Gasteiger partial charge >= 0.3 is 0 Å². The van der Waals surface area contributed by atoms with Gasteiger partial charge in [-0.1, -0.05) is 41.3 Å². The third-order valence-corrected chi connectivity index (χ3v) is 5.87. The molecule has 1 aromatic carbocycles. The molecule has 3 rings (SSSR count). The van der Waals surface area contributed by atoms with Gasteiger partial charge in [-0.25, -0.2) is 9.67 Å². The summed E-state index contributed by atoms with van der Waals surface area (Å²) in [6, 6.07) is 12.7. The molecule has 1 N–H and O–H groups in total. The molecule has 0 saturated heterocycles. The van der Waals surface area contributed by atoms with Gasteiger partial charge in [0.25, 0.3) is 5.91 Å². The number of aromatic nitrogens is 3. The van der Waals surface area contributed by atoms with Crippen LogP contribution in [0.4, 0.5) is 5.13 Å². The van der Waals surface area contributed by atoms with Crippen LogP contribution >= 0.6 is 23.1 Å². The van der Waals surface area contributed by atoms with Gasteiger partial charge < -0.3 is 0 Å². The van der Waals surface area contributed by atoms with Crippen molar-refractivity contribution in [1.82, 2.24) is 14.8 Å². The molecule has 0 aliphatic rings. The third-order valence-electron chi connectivity index (χ3n) is 3.57. The summed E-state index contributed by atoms with van der Waals surface area (Å²) in [7, 11) is 0. The summed E-state index contributed by atoms with van der Waals surface area (Å²) in [5.41, 5.74) is 1.45. The van der Waals surface area contributed by atoms with Crippen LogP contribution in [0, 0.1) is 25.2 Å². The van der Waals surface area contributed by atoms with Crippen LogP contribution in [0.3, 0.4) is 0 Å². The van der Waals surface area contributed by atoms with Gasteiger partial charge in [-0.15, -0.1) is 0 Å². The minimum Gasteiger partial charge on any atom is -0.296 e. The van der Waals surface area contributed by atoms with Crippen molar-refractivity contribution in [2.75, 3.05) is 11.1 Å². The van der Waals surface area contributed by atoms with Gasteiger partial charge in [-0.05, 0) is 26.0 Å². The number of nitriles is 1. The molecule has 27 heavy (non-hydrogen) atoms. The zero-order valence-corrected chi connectivity index (χ0v) is 16.2. The number of benzene rings is 1. The van der Waals surface area contributed by atoms with E-state index in [1.54, 1.807) is 18.5 Å². The molecule has 9 heteroatoms. The second-order valence-corrected chi connectivity index (χ2v) is 7.78. The Morgan fingerprint density at radius 3 is 2.78 bits per heavy atom. The summed E-state index contributed by atoms with van der Waals surface area (Å²) in [4.78, 5) is 29.1. The number of para-hydroxylation sites is 1. The Morgan fingerprint density at radius 1 is 1.33 bits per heavy atom. The zero-order chi connectivity index (χ0) is 19.4. The Balaban J connectivity index is 1.89. The van der Waals surface area contributed by atoms with Crippen LogP contribution in [0.1, 0.15) is 21.9 Å². The summed E-state index contributed by atoms with van der Waals surface area (Å²) in [5.74, 6) is -0.312. The second kappa shape index (κ2) is 8.16. The van der Waals surface area contributed by atoms with E-state index in [-0.39, 0.29) is 5.69 Å². The van der Waals surface area contributed by atoms with Crippen molar-refractivity contribution in [2.24, 2.45) is 0 Å². The maximum Gasteiger partial charge on any atom is 0.281 e. The highest BCUT2D eigenvalue weighted by Crippen LogP contribution is 2.31. The number of thioether (sulfide) groups is 1. The van der Waals surface area contributed by atoms with Gasteiger partial charge in [-0.3, -0.25) is 14.9 Å². The number of hydrogen-bond acceptors (Lipinski definition) is 7. The number of aryl methyl sites for hydroxylation is 2. The number of anilines is 1. The Bertz CT molecular complexity index is 1080. The highest BCUT2D eigenvalue weighted by Gasteiger charge is 2.18. The lowest BCUT2D eigenvalue weighted by Gasteiger charge is -2.10. The molecular weight excluding hydrogens is 382 g/mol. The van der Waals surface area contributed by atoms with Crippen LogP contribution in [0.5, 0.6) is 0 Å². The number of carbonyl (C=O) groups is 1. The third kappa shape index (κ3) is 4.24. The number of amides is 1. The van der Waals surface area contributed by atoms with E-state index in [9.17, 15) is 9.59 Å². The minimum atomic E-state index is -0.615. The van der Waals surface area contributed by atoms with Crippen molar-refractivity contribution in [3.8, 4) is 11.8 Å². The normalized spacial score (nSPS) is 10.4. The summed E-state index contributed by atoms with van der Waals surface area (Å²) >= 11 is 2.62. The molecule has 0 spiro atoms. The number of rotatable bonds is 5. The van der Waals surface area contributed by atoms with E-state index < -0.39 is 11.3 Å². The molecular formula is C18H15N5O2S2. The molecule has 0 fully saturated rings. The highest BCUT2D eigenvalue weighted by molar-refractivity contribution is 8.01. The Kier molecular flexibility index (Phi) is 5.69. The fraction of sp³-hybridized carbons (Fsp3) is 0.167. The quantitative estimate of drug-likeness (QED) is 0.664. The molecule has 3 aromatic rings. The number of nitrogens with zero attached hydrogens (tertiary/aromatic N) is 4. The first-order valence-electron chi connectivity index (χ1n) is 7.94. The largest absolute Gasteiger partial charge is 0.296 e. The predicted octanol–water partition coefficient (Wildman–Crippen LogP) is 3.17. The van der Waals surface area contributed by atoms with E-state index in [0.717, 1.165) is 15.6 Å². The molecule has 0 saturated carbocycles. The average molecular weight is 397 g/mol. The number of hydrogen-bond donors (Lipinski definition) is 1. The fourth-order valence-corrected chi connectivity index (χ4v) is 4.15. The summed E-state index contributed by atoms with van der Waals surface area (Å²) in [6.45, 7) is 3.56. The topological polar surface area (TPSA) is 101 Å². The van der Waals surface area contributed by atoms with Crippen LogP contribution in [-0.4, -0.2) is 26.4 Å². The molecule has 0 bridgehead atoms. The van der Waals surface area contributed by atoms with Crippen LogP contribution in [-0.2, 0) is 0 Å². The second-order valence-electron chi connectivity index (χ2n) is 5.54. The minimum absolute atomic E-state index is 0.205. The fourth-order valence-electron chi connectivity index (χ4n) is 2.36. The van der Waals surface area contributed by atoms with Crippen LogP contribution in [0.25, 0.3) is 5.69 Å². The first-order valence-corrected chi connectivity index (χ1v) is 9.74. The maximum atomic E-state index is 12.6. The van der Waals surface area contributed by atoms with Crippen molar-refractivity contribution < 1.29 is 4.79 Å². The van der Waals surface area contributed by atoms with E-state index in [4.69, 9.17) is 5.26 Å². The summed E-state index contributed by atoms with van der Waals surface area (Å²) < 4.78 is 2.41. The lowest BCUT2D eigenvalue weighted by molar-refractivity contribution is 0.101. The SMILES string of the molecule is Cc1nc(NC(=O)c2nn(-c3ccccc3)c(C)cc2=O)sc1SCC#N. The lowest BCUT2D eigenvalue weighted by Crippen LogP contribution is -2.26. The monoisotopic (exact) mass is 397 g/mol. The smallest absolute Gasteiger partial charge is 0.281 e. The molecule has 7 nitrogen and oxygen atoms in total. The van der Waals surface area contributed by atoms with Gasteiger partial charge in [0.15, 0.2) is 10.8 Å². The Morgan fingerprint density at radius 2 is 2.07 bits per heavy atom. The lowest BCUT2D eigenvalue weighted by atomic mass is 10.2. The highest BCUT2D eigenvalue weighted by atomic mass is 32.2. The van der Waals surface area contributed by atoms with Gasteiger partial charge in [0.2, 0.25) is 5.43 Å². The van der Waals surface area contributed by atoms with Crippen molar-refractivity contribution >= 4 is 34.1 Å². The van der Waals surface area contributed by atoms with Crippen molar-refractivity contribution in [3.63, 3.8) is 0 Å². The number of nitrogens with one attached hydrogen (secondary N) is 1. The molecule has 2 heterocycles. The number of thiazole rings is 1. The molecule has 2 aromatic heterocycles. The van der Waals surface area contributed by atoms with Crippen molar-refractivity contribution in [2.45, 2.75) is 18.1 Å². The van der Waals surface area contributed by atoms with E-state index in [1.165, 1.54) is 29.2 Å². The molecule has 0 atom stereocenters. The summed E-state index contributed by atoms with van der Waals surface area (Å²) in [6.07, 6.45) is 0.